The molecule has 1 aliphatic carbocycles. The number of aliphatic hydroxyl groups excluding tert-OH is 1. The summed E-state index contributed by atoms with van der Waals surface area (Å²) >= 11 is 0. The quantitative estimate of drug-likeness (QED) is 0.319. The Balaban J connectivity index is 2.35. The lowest BCUT2D eigenvalue weighted by atomic mass is 9.91. The highest BCUT2D eigenvalue weighted by molar-refractivity contribution is 5.88. The zero-order valence-corrected chi connectivity index (χ0v) is 14.7. The minimum atomic E-state index is -0.871. The molecule has 4 heteroatoms. The van der Waals surface area contributed by atoms with Crippen molar-refractivity contribution in [3.8, 4) is 0 Å². The second kappa shape index (κ2) is 11.8. The molecule has 0 spiro atoms. The molecule has 0 aromatic rings. The highest BCUT2D eigenvalue weighted by Gasteiger charge is 2.26. The number of ketones is 1. The predicted molar refractivity (Wildman–Crippen MR) is 94.7 cm³/mol. The summed E-state index contributed by atoms with van der Waals surface area (Å²) in [6, 6.07) is 0. The molecule has 0 bridgehead atoms. The fourth-order valence-corrected chi connectivity index (χ4v) is 3.02. The summed E-state index contributed by atoms with van der Waals surface area (Å²) in [5.41, 5.74) is 4.01. The van der Waals surface area contributed by atoms with Crippen molar-refractivity contribution in [3.63, 3.8) is 0 Å². The van der Waals surface area contributed by atoms with Crippen LogP contribution in [0.15, 0.2) is 29.5 Å². The third-order valence-corrected chi connectivity index (χ3v) is 4.42. The molecule has 0 aromatic carbocycles. The van der Waals surface area contributed by atoms with E-state index in [1.165, 1.54) is 6.08 Å². The number of unbranched alkanes of at least 4 members (excludes halogenated alkanes) is 2. The number of carbonyl (C=O) groups excluding carboxylic acids is 1. The van der Waals surface area contributed by atoms with Crippen LogP contribution in [0, 0.1) is 5.92 Å². The number of hydrogen-bond acceptors (Lipinski definition) is 3. The molecule has 0 fully saturated rings. The van der Waals surface area contributed by atoms with Crippen LogP contribution in [-0.4, -0.2) is 28.1 Å². The van der Waals surface area contributed by atoms with Gasteiger partial charge in [-0.05, 0) is 44.3 Å². The molecule has 4 nitrogen and oxygen atoms in total. The molecule has 0 aromatic heterocycles. The monoisotopic (exact) mass is 334 g/mol. The van der Waals surface area contributed by atoms with Gasteiger partial charge in [0.15, 0.2) is 0 Å². The van der Waals surface area contributed by atoms with Gasteiger partial charge in [0, 0.05) is 12.3 Å². The van der Waals surface area contributed by atoms with Crippen LogP contribution >= 0.6 is 0 Å². The maximum absolute atomic E-state index is 12.0. The van der Waals surface area contributed by atoms with E-state index in [1.54, 1.807) is 6.08 Å². The van der Waals surface area contributed by atoms with Crippen molar-refractivity contribution in [1.29, 1.82) is 0 Å². The van der Waals surface area contributed by atoms with Gasteiger partial charge in [0.2, 0.25) is 0 Å². The van der Waals surface area contributed by atoms with Gasteiger partial charge < -0.3 is 10.2 Å². The summed E-state index contributed by atoms with van der Waals surface area (Å²) in [5.74, 6) is -0.650. The summed E-state index contributed by atoms with van der Waals surface area (Å²) in [7, 11) is 0. The van der Waals surface area contributed by atoms with Crippen LogP contribution in [0.2, 0.25) is 0 Å². The molecule has 0 saturated carbocycles. The van der Waals surface area contributed by atoms with Crippen molar-refractivity contribution in [2.45, 2.75) is 77.2 Å². The van der Waals surface area contributed by atoms with E-state index in [-0.39, 0.29) is 24.2 Å². The number of carboxylic acid groups (broad SMARTS) is 1. The molecule has 134 valence electrons. The third-order valence-electron chi connectivity index (χ3n) is 4.42. The first kappa shape index (κ1) is 20.4. The molecule has 0 saturated heterocycles. The number of carboxylic acids is 1. The number of allylic oxidation sites excluding steroid dienone is 2. The molecule has 0 amide bonds. The van der Waals surface area contributed by atoms with Crippen LogP contribution in [0.1, 0.15) is 71.1 Å². The Bertz CT molecular complexity index is 498. The number of aliphatic carboxylic acids is 1. The summed E-state index contributed by atoms with van der Waals surface area (Å²) in [6.07, 6.45) is 12.7. The smallest absolute Gasteiger partial charge is 0.307 e. The SMILES string of the molecule is CCCCC[C@H](O)CCC1=CCC(=O)[C@@H]1CCC=C=CCC(=O)O. The second-order valence-electron chi connectivity index (χ2n) is 6.44. The van der Waals surface area contributed by atoms with Crippen molar-refractivity contribution >= 4 is 11.8 Å². The van der Waals surface area contributed by atoms with E-state index in [1.807, 2.05) is 6.08 Å². The minimum Gasteiger partial charge on any atom is -0.481 e. The third kappa shape index (κ3) is 8.28. The Morgan fingerprint density at radius 1 is 1.38 bits per heavy atom. The lowest BCUT2D eigenvalue weighted by Crippen LogP contribution is -2.13. The standard InChI is InChI=1S/C20H30O4/c1-2-3-6-9-17(21)14-12-16-13-15-19(22)18(16)10-7-4-5-8-11-20(23)24/h4,8,13,17-18,21H,2-3,6-7,9-12,14-15H2,1H3,(H,23,24)/t5?,17-,18+/m0/s1. The number of Topliss-reactive ketones (excluding diaryl/α,β-unsaturated/α-hetero) is 1. The van der Waals surface area contributed by atoms with Gasteiger partial charge in [-0.2, -0.15) is 0 Å². The largest absolute Gasteiger partial charge is 0.481 e. The Morgan fingerprint density at radius 3 is 2.88 bits per heavy atom. The van der Waals surface area contributed by atoms with E-state index in [4.69, 9.17) is 5.11 Å². The molecule has 24 heavy (non-hydrogen) atoms. The van der Waals surface area contributed by atoms with Crippen LogP contribution in [0.25, 0.3) is 0 Å². The van der Waals surface area contributed by atoms with Crippen molar-refractivity contribution in [2.75, 3.05) is 0 Å². The van der Waals surface area contributed by atoms with E-state index in [2.05, 4.69) is 12.7 Å². The van der Waals surface area contributed by atoms with Gasteiger partial charge in [0.1, 0.15) is 5.78 Å². The van der Waals surface area contributed by atoms with E-state index in [0.717, 1.165) is 50.5 Å². The fourth-order valence-electron chi connectivity index (χ4n) is 3.02. The molecule has 1 rings (SSSR count). The first-order chi connectivity index (χ1) is 11.5. The number of rotatable bonds is 12. The van der Waals surface area contributed by atoms with Crippen LogP contribution in [0.4, 0.5) is 0 Å². The average Bonchev–Trinajstić information content (AvgIpc) is 2.89. The summed E-state index contributed by atoms with van der Waals surface area (Å²) in [4.78, 5) is 22.4. The van der Waals surface area contributed by atoms with Gasteiger partial charge >= 0.3 is 5.97 Å². The molecule has 0 unspecified atom stereocenters. The molecule has 0 heterocycles. The number of hydrogen-bond donors (Lipinski definition) is 2. The molecular formula is C20H30O4. The average molecular weight is 334 g/mol. The van der Waals surface area contributed by atoms with Crippen molar-refractivity contribution in [3.05, 3.63) is 29.5 Å². The lowest BCUT2D eigenvalue weighted by Gasteiger charge is -2.15. The Hall–Kier alpha value is -1.64. The molecular weight excluding hydrogens is 304 g/mol. The summed E-state index contributed by atoms with van der Waals surface area (Å²) in [6.45, 7) is 2.15. The van der Waals surface area contributed by atoms with Gasteiger partial charge in [-0.3, -0.25) is 9.59 Å². The highest BCUT2D eigenvalue weighted by atomic mass is 16.4. The van der Waals surface area contributed by atoms with E-state index < -0.39 is 5.97 Å². The Kier molecular flexibility index (Phi) is 10.1. The summed E-state index contributed by atoms with van der Waals surface area (Å²) in [5, 5.41) is 18.6. The second-order valence-corrected chi connectivity index (χ2v) is 6.44. The van der Waals surface area contributed by atoms with Crippen LogP contribution in [0.5, 0.6) is 0 Å². The van der Waals surface area contributed by atoms with Gasteiger partial charge in [0.05, 0.1) is 12.5 Å². The number of aliphatic hydroxyl groups is 1. The van der Waals surface area contributed by atoms with Crippen molar-refractivity contribution in [1.82, 2.24) is 0 Å². The number of carbonyl (C=O) groups is 2. The maximum Gasteiger partial charge on any atom is 0.307 e. The fraction of sp³-hybridized carbons (Fsp3) is 0.650. The van der Waals surface area contributed by atoms with E-state index >= 15 is 0 Å². The molecule has 2 atom stereocenters. The lowest BCUT2D eigenvalue weighted by molar-refractivity contribution is -0.136. The molecule has 2 N–H and O–H groups in total. The van der Waals surface area contributed by atoms with E-state index in [0.29, 0.717) is 12.8 Å². The van der Waals surface area contributed by atoms with Crippen LogP contribution in [-0.2, 0) is 9.59 Å². The zero-order valence-electron chi connectivity index (χ0n) is 14.7. The first-order valence-corrected chi connectivity index (χ1v) is 9.05. The Labute approximate surface area is 145 Å². The molecule has 0 aliphatic heterocycles. The molecule has 0 radical (unpaired) electrons. The molecule has 1 aliphatic rings. The Morgan fingerprint density at radius 2 is 2.17 bits per heavy atom. The van der Waals surface area contributed by atoms with Gasteiger partial charge in [-0.15, -0.1) is 5.73 Å². The van der Waals surface area contributed by atoms with Gasteiger partial charge in [-0.25, -0.2) is 0 Å². The normalized spacial score (nSPS) is 18.0. The van der Waals surface area contributed by atoms with Gasteiger partial charge in [0.25, 0.3) is 0 Å². The van der Waals surface area contributed by atoms with Crippen molar-refractivity contribution in [2.24, 2.45) is 5.92 Å². The summed E-state index contributed by atoms with van der Waals surface area (Å²) < 4.78 is 0. The topological polar surface area (TPSA) is 74.6 Å². The predicted octanol–water partition coefficient (Wildman–Crippen LogP) is 4.19. The van der Waals surface area contributed by atoms with E-state index in [9.17, 15) is 14.7 Å². The van der Waals surface area contributed by atoms with Gasteiger partial charge in [-0.1, -0.05) is 37.8 Å². The van der Waals surface area contributed by atoms with Crippen LogP contribution < -0.4 is 0 Å². The van der Waals surface area contributed by atoms with Crippen molar-refractivity contribution < 1.29 is 19.8 Å². The first-order valence-electron chi connectivity index (χ1n) is 9.05. The zero-order chi connectivity index (χ0) is 17.8. The maximum atomic E-state index is 12.0. The highest BCUT2D eigenvalue weighted by Crippen LogP contribution is 2.31. The van der Waals surface area contributed by atoms with Crippen LogP contribution in [0.3, 0.4) is 0 Å². The minimum absolute atomic E-state index is 0.0278.